The van der Waals surface area contributed by atoms with E-state index in [-0.39, 0.29) is 11.5 Å². The van der Waals surface area contributed by atoms with Crippen molar-refractivity contribution in [1.29, 1.82) is 0 Å². The summed E-state index contributed by atoms with van der Waals surface area (Å²) >= 11 is 0. The largest absolute Gasteiger partial charge is 0.477 e. The molecule has 26 heavy (non-hydrogen) atoms. The number of carbonyl (C=O) groups excluding carboxylic acids is 1. The van der Waals surface area contributed by atoms with E-state index in [1.165, 1.54) is 6.07 Å². The molecular formula is C16H21N4O5S+. The first kappa shape index (κ1) is 19.6. The summed E-state index contributed by atoms with van der Waals surface area (Å²) in [7, 11) is -0.615. The van der Waals surface area contributed by atoms with Gasteiger partial charge in [-0.1, -0.05) is 12.1 Å². The highest BCUT2D eigenvalue weighted by Crippen LogP contribution is 2.26. The number of quaternary nitrogens is 1. The van der Waals surface area contributed by atoms with E-state index in [1.807, 2.05) is 12.4 Å². The smallest absolute Gasteiger partial charge is 0.354 e. The first-order valence-corrected chi connectivity index (χ1v) is 9.28. The van der Waals surface area contributed by atoms with Gasteiger partial charge in [-0.15, -0.1) is 0 Å². The Morgan fingerprint density at radius 2 is 1.85 bits per heavy atom. The predicted octanol–water partition coefficient (Wildman–Crippen LogP) is -0.830. The Morgan fingerprint density at radius 1 is 1.23 bits per heavy atom. The van der Waals surface area contributed by atoms with Crippen LogP contribution in [0, 0.1) is 0 Å². The van der Waals surface area contributed by atoms with E-state index in [0.29, 0.717) is 21.6 Å². The normalized spacial score (nSPS) is 11.3. The molecule has 5 N–H and O–H groups in total. The van der Waals surface area contributed by atoms with Gasteiger partial charge in [0.05, 0.1) is 20.1 Å². The standard InChI is InChI=1S/C16H20N4O5S/c1-18-8-10-19(2)15(21)12-5-3-11(4-6-12)13-7-9-20(26(17,24)25)14(13)16(22)23/h3-7,9,18H,8,10H2,1-2H3,(H,22,23)(H2,17,24,25)/p+1. The van der Waals surface area contributed by atoms with Gasteiger partial charge in [0.25, 0.3) is 5.91 Å². The SMILES string of the molecule is C[NH2+]CCN(C)C(=O)c1ccc(-c2ccn(S(N)(=O)=O)c2C(=O)O)cc1. The van der Waals surface area contributed by atoms with Gasteiger partial charge in [-0.2, -0.15) is 8.42 Å². The number of aromatic carboxylic acids is 1. The zero-order valence-electron chi connectivity index (χ0n) is 14.4. The second-order valence-electron chi connectivity index (χ2n) is 5.72. The van der Waals surface area contributed by atoms with Crippen LogP contribution in [-0.2, 0) is 10.2 Å². The number of carbonyl (C=O) groups is 2. The van der Waals surface area contributed by atoms with Gasteiger partial charge < -0.3 is 15.3 Å². The van der Waals surface area contributed by atoms with Gasteiger partial charge in [0.2, 0.25) is 0 Å². The average Bonchev–Trinajstić information content (AvgIpc) is 3.05. The molecule has 0 aliphatic carbocycles. The minimum Gasteiger partial charge on any atom is -0.477 e. The van der Waals surface area contributed by atoms with E-state index < -0.39 is 21.9 Å². The van der Waals surface area contributed by atoms with Crippen LogP contribution in [0.15, 0.2) is 36.5 Å². The van der Waals surface area contributed by atoms with Crippen LogP contribution in [-0.4, -0.2) is 61.5 Å². The van der Waals surface area contributed by atoms with E-state index >= 15 is 0 Å². The Labute approximate surface area is 151 Å². The van der Waals surface area contributed by atoms with Crippen LogP contribution < -0.4 is 10.5 Å². The lowest BCUT2D eigenvalue weighted by molar-refractivity contribution is -0.626. The van der Waals surface area contributed by atoms with Crippen molar-refractivity contribution in [2.24, 2.45) is 5.14 Å². The number of hydrogen-bond donors (Lipinski definition) is 3. The molecule has 140 valence electrons. The maximum Gasteiger partial charge on any atom is 0.354 e. The lowest BCUT2D eigenvalue weighted by atomic mass is 10.0. The molecule has 1 amide bonds. The molecule has 0 spiro atoms. The van der Waals surface area contributed by atoms with Crippen LogP contribution in [0.2, 0.25) is 0 Å². The molecule has 0 fully saturated rings. The molecule has 0 aliphatic heterocycles. The third-order valence-corrected chi connectivity index (χ3v) is 4.72. The Balaban J connectivity index is 2.36. The summed E-state index contributed by atoms with van der Waals surface area (Å²) in [6, 6.07) is 7.64. The Kier molecular flexibility index (Phi) is 5.80. The molecule has 2 aromatic rings. The number of amides is 1. The number of carboxylic acid groups (broad SMARTS) is 1. The topological polar surface area (TPSA) is 139 Å². The van der Waals surface area contributed by atoms with Crippen LogP contribution in [0.1, 0.15) is 20.8 Å². The first-order chi connectivity index (χ1) is 12.2. The summed E-state index contributed by atoms with van der Waals surface area (Å²) in [6.45, 7) is 1.38. The van der Waals surface area contributed by atoms with E-state index in [1.54, 1.807) is 36.2 Å². The molecule has 0 bridgehead atoms. The molecule has 10 heteroatoms. The van der Waals surface area contributed by atoms with Crippen molar-refractivity contribution < 1.29 is 28.4 Å². The average molecular weight is 381 g/mol. The quantitative estimate of drug-likeness (QED) is 0.574. The van der Waals surface area contributed by atoms with Gasteiger partial charge in [-0.05, 0) is 23.8 Å². The summed E-state index contributed by atoms with van der Waals surface area (Å²) in [5, 5.41) is 16.4. The minimum atomic E-state index is -4.24. The highest BCUT2D eigenvalue weighted by Gasteiger charge is 2.23. The second-order valence-corrected chi connectivity index (χ2v) is 7.15. The third-order valence-electron chi connectivity index (χ3n) is 3.87. The van der Waals surface area contributed by atoms with Crippen LogP contribution in [0.25, 0.3) is 11.1 Å². The van der Waals surface area contributed by atoms with Crippen molar-refractivity contribution in [3.05, 3.63) is 47.8 Å². The molecule has 0 saturated heterocycles. The third kappa shape index (κ3) is 4.10. The molecular weight excluding hydrogens is 360 g/mol. The molecule has 1 aromatic carbocycles. The van der Waals surface area contributed by atoms with Gasteiger partial charge in [0, 0.05) is 24.4 Å². The highest BCUT2D eigenvalue weighted by molar-refractivity contribution is 7.87. The molecule has 1 aromatic heterocycles. The summed E-state index contributed by atoms with van der Waals surface area (Å²) in [5.41, 5.74) is 0.655. The lowest BCUT2D eigenvalue weighted by Crippen LogP contribution is -2.81. The predicted molar refractivity (Wildman–Crippen MR) is 95.0 cm³/mol. The summed E-state index contributed by atoms with van der Waals surface area (Å²) < 4.78 is 23.6. The van der Waals surface area contributed by atoms with E-state index in [9.17, 15) is 23.1 Å². The van der Waals surface area contributed by atoms with Crippen LogP contribution in [0.3, 0.4) is 0 Å². The first-order valence-electron chi connectivity index (χ1n) is 7.78. The fourth-order valence-electron chi connectivity index (χ4n) is 2.51. The van der Waals surface area contributed by atoms with Crippen molar-refractivity contribution in [1.82, 2.24) is 8.87 Å². The van der Waals surface area contributed by atoms with Gasteiger partial charge in [0.15, 0.2) is 5.69 Å². The zero-order chi connectivity index (χ0) is 19.5. The van der Waals surface area contributed by atoms with E-state index in [4.69, 9.17) is 5.14 Å². The van der Waals surface area contributed by atoms with Gasteiger partial charge in [0.1, 0.15) is 0 Å². The summed E-state index contributed by atoms with van der Waals surface area (Å²) in [5.74, 6) is -1.58. The van der Waals surface area contributed by atoms with Crippen LogP contribution in [0.5, 0.6) is 0 Å². The number of likely N-dealkylation sites (N-methyl/N-ethyl adjacent to an activating group) is 2. The Bertz CT molecular complexity index is 919. The zero-order valence-corrected chi connectivity index (χ0v) is 15.2. The molecule has 0 aliphatic rings. The number of benzene rings is 1. The van der Waals surface area contributed by atoms with Gasteiger partial charge in [-0.3, -0.25) is 4.79 Å². The van der Waals surface area contributed by atoms with Crippen molar-refractivity contribution in [3.8, 4) is 11.1 Å². The number of carboxylic acids is 1. The minimum absolute atomic E-state index is 0.154. The van der Waals surface area contributed by atoms with Crippen molar-refractivity contribution in [2.75, 3.05) is 27.2 Å². The monoisotopic (exact) mass is 381 g/mol. The van der Waals surface area contributed by atoms with Crippen molar-refractivity contribution in [2.45, 2.75) is 0 Å². The van der Waals surface area contributed by atoms with Crippen molar-refractivity contribution in [3.63, 3.8) is 0 Å². The second kappa shape index (κ2) is 7.68. The van der Waals surface area contributed by atoms with Gasteiger partial charge >= 0.3 is 16.2 Å². The fraction of sp³-hybridized carbons (Fsp3) is 0.250. The Hall–Kier alpha value is -2.69. The van der Waals surface area contributed by atoms with E-state index in [0.717, 1.165) is 12.7 Å². The number of nitrogens with two attached hydrogens (primary N) is 2. The van der Waals surface area contributed by atoms with Gasteiger partial charge in [-0.25, -0.2) is 13.9 Å². The maximum absolute atomic E-state index is 12.3. The van der Waals surface area contributed by atoms with E-state index in [2.05, 4.69) is 0 Å². The molecule has 0 radical (unpaired) electrons. The summed E-state index contributed by atoms with van der Waals surface area (Å²) in [4.78, 5) is 25.4. The van der Waals surface area contributed by atoms with Crippen LogP contribution in [0.4, 0.5) is 0 Å². The summed E-state index contributed by atoms with van der Waals surface area (Å²) in [6.07, 6.45) is 1.09. The lowest BCUT2D eigenvalue weighted by Gasteiger charge is -2.16. The van der Waals surface area contributed by atoms with Crippen molar-refractivity contribution >= 4 is 22.1 Å². The number of aromatic nitrogens is 1. The fourth-order valence-corrected chi connectivity index (χ4v) is 3.17. The molecule has 0 saturated carbocycles. The van der Waals surface area contributed by atoms with Crippen LogP contribution >= 0.6 is 0 Å². The Morgan fingerprint density at radius 3 is 2.35 bits per heavy atom. The highest BCUT2D eigenvalue weighted by atomic mass is 32.2. The molecule has 9 nitrogen and oxygen atoms in total. The molecule has 0 unspecified atom stereocenters. The molecule has 1 heterocycles. The molecule has 0 atom stereocenters. The number of rotatable bonds is 7. The molecule has 2 rings (SSSR count). The number of hydrogen-bond acceptors (Lipinski definition) is 4. The maximum atomic E-state index is 12.3. The number of nitrogens with zero attached hydrogens (tertiary/aromatic N) is 2.